The van der Waals surface area contributed by atoms with E-state index in [2.05, 4.69) is 15.5 Å². The third kappa shape index (κ3) is 6.20. The Kier molecular flexibility index (Phi) is 8.81. The molecule has 3 aliphatic heterocycles. The van der Waals surface area contributed by atoms with Gasteiger partial charge in [0.2, 0.25) is 6.79 Å². The molecule has 1 aromatic rings. The Hall–Kier alpha value is -3.17. The van der Waals surface area contributed by atoms with Crippen molar-refractivity contribution in [2.75, 3.05) is 32.0 Å². The number of oxime groups is 1. The standard InChI is InChI=1S/C24H31N5O8S2/c1-24(2,3)22(33)37-11-36-21(32)17-12(13-7-5-6-8-35-13)10-38-20-16(19(31)29(17)20)27-18(30)15(28-34-4)14-9-26-23(25)39-14/h9,13,16,20H,5-8,10-11H2,1-4H3,(H2,25,26)(H,27,30)/b28-15-/t13-,16+,20+/m0/s1. The molecule has 3 atom stereocenters. The van der Waals surface area contributed by atoms with E-state index in [1.54, 1.807) is 20.8 Å². The van der Waals surface area contributed by atoms with Crippen LogP contribution >= 0.6 is 23.1 Å². The molecule has 4 rings (SSSR count). The molecular formula is C24H31N5O8S2. The number of nitrogens with zero attached hydrogens (tertiary/aromatic N) is 3. The number of fused-ring (bicyclic) bond motifs is 1. The molecule has 2 fully saturated rings. The van der Waals surface area contributed by atoms with Gasteiger partial charge in [-0.2, -0.15) is 0 Å². The number of nitrogens with two attached hydrogens (primary N) is 1. The first kappa shape index (κ1) is 28.8. The highest BCUT2D eigenvalue weighted by molar-refractivity contribution is 8.00. The lowest BCUT2D eigenvalue weighted by Gasteiger charge is -2.50. The van der Waals surface area contributed by atoms with Gasteiger partial charge in [-0.25, -0.2) is 9.78 Å². The zero-order chi connectivity index (χ0) is 28.3. The summed E-state index contributed by atoms with van der Waals surface area (Å²) >= 11 is 2.45. The average molecular weight is 582 g/mol. The number of thioether (sulfide) groups is 1. The second-order valence-corrected chi connectivity index (χ2v) is 12.2. The van der Waals surface area contributed by atoms with Crippen LogP contribution in [0.3, 0.4) is 0 Å². The van der Waals surface area contributed by atoms with Crippen LogP contribution in [-0.4, -0.2) is 83.1 Å². The molecule has 15 heteroatoms. The molecule has 0 spiro atoms. The Labute approximate surface area is 233 Å². The molecule has 1 aromatic heterocycles. The molecule has 4 heterocycles. The molecule has 212 valence electrons. The summed E-state index contributed by atoms with van der Waals surface area (Å²) in [5.74, 6) is -2.08. The van der Waals surface area contributed by atoms with E-state index < -0.39 is 47.4 Å². The fourth-order valence-electron chi connectivity index (χ4n) is 4.21. The van der Waals surface area contributed by atoms with Gasteiger partial charge in [0.05, 0.1) is 16.4 Å². The third-order valence-electron chi connectivity index (χ3n) is 6.19. The van der Waals surface area contributed by atoms with E-state index in [0.717, 1.165) is 24.2 Å². The summed E-state index contributed by atoms with van der Waals surface area (Å²) in [6, 6.07) is -0.926. The van der Waals surface area contributed by atoms with E-state index in [-0.39, 0.29) is 22.6 Å². The maximum absolute atomic E-state index is 13.3. The van der Waals surface area contributed by atoms with Gasteiger partial charge in [0.1, 0.15) is 24.2 Å². The smallest absolute Gasteiger partial charge is 0.358 e. The average Bonchev–Trinajstić information content (AvgIpc) is 3.34. The number of ether oxygens (including phenoxy) is 3. The first-order valence-electron chi connectivity index (χ1n) is 12.3. The summed E-state index contributed by atoms with van der Waals surface area (Å²) in [5.41, 5.74) is 5.54. The summed E-state index contributed by atoms with van der Waals surface area (Å²) in [4.78, 5) is 62.1. The van der Waals surface area contributed by atoms with Crippen molar-refractivity contribution in [2.45, 2.75) is 57.6 Å². The Morgan fingerprint density at radius 1 is 1.28 bits per heavy atom. The Morgan fingerprint density at radius 3 is 2.67 bits per heavy atom. The van der Waals surface area contributed by atoms with Crippen molar-refractivity contribution < 1.29 is 38.2 Å². The SMILES string of the molecule is CO/N=C(\C(=O)N[C@@H]1C(=O)N2C(C(=O)OCOC(=O)C(C)(C)C)=C([C@@H]3CCCCO3)CS[C@H]12)c1cnc(N)s1. The third-order valence-corrected chi connectivity index (χ3v) is 8.33. The Balaban J connectivity index is 1.52. The number of rotatable bonds is 8. The van der Waals surface area contributed by atoms with E-state index in [9.17, 15) is 19.2 Å². The normalized spacial score (nSPS) is 23.5. The molecule has 0 saturated carbocycles. The molecule has 2 amide bonds. The van der Waals surface area contributed by atoms with Crippen LogP contribution in [0.1, 0.15) is 44.9 Å². The highest BCUT2D eigenvalue weighted by Crippen LogP contribution is 2.43. The molecule has 39 heavy (non-hydrogen) atoms. The van der Waals surface area contributed by atoms with Crippen LogP contribution in [-0.2, 0) is 38.2 Å². The fourth-order valence-corrected chi connectivity index (χ4v) is 6.28. The number of hydrogen-bond donors (Lipinski definition) is 2. The number of carbonyl (C=O) groups excluding carboxylic acids is 4. The number of hydrogen-bond acceptors (Lipinski definition) is 13. The molecule has 3 N–H and O–H groups in total. The molecule has 13 nitrogen and oxygen atoms in total. The van der Waals surface area contributed by atoms with Gasteiger partial charge in [-0.1, -0.05) is 16.5 Å². The van der Waals surface area contributed by atoms with Crippen LogP contribution in [0.4, 0.5) is 5.13 Å². The van der Waals surface area contributed by atoms with Gasteiger partial charge in [-0.15, -0.1) is 11.8 Å². The molecular weight excluding hydrogens is 550 g/mol. The number of amides is 2. The summed E-state index contributed by atoms with van der Waals surface area (Å²) < 4.78 is 16.3. The molecule has 0 radical (unpaired) electrons. The summed E-state index contributed by atoms with van der Waals surface area (Å²) in [5, 5.41) is 6.14. The number of esters is 2. The minimum Gasteiger partial charge on any atom is -0.427 e. The van der Waals surface area contributed by atoms with E-state index >= 15 is 0 Å². The second-order valence-electron chi connectivity index (χ2n) is 10.0. The minimum absolute atomic E-state index is 0.0639. The first-order chi connectivity index (χ1) is 18.5. The van der Waals surface area contributed by atoms with Crippen molar-refractivity contribution in [1.82, 2.24) is 15.2 Å². The molecule has 3 aliphatic rings. The van der Waals surface area contributed by atoms with Crippen molar-refractivity contribution in [1.29, 1.82) is 0 Å². The zero-order valence-electron chi connectivity index (χ0n) is 22.1. The van der Waals surface area contributed by atoms with Crippen LogP contribution in [0.2, 0.25) is 0 Å². The first-order valence-corrected chi connectivity index (χ1v) is 14.2. The van der Waals surface area contributed by atoms with Crippen molar-refractivity contribution >= 4 is 57.7 Å². The number of β-lactam (4-membered cyclic amide) rings is 1. The van der Waals surface area contributed by atoms with Crippen molar-refractivity contribution in [3.8, 4) is 0 Å². The Bertz CT molecular complexity index is 1200. The molecule has 0 aliphatic carbocycles. The topological polar surface area (TPSA) is 172 Å². The van der Waals surface area contributed by atoms with Crippen LogP contribution < -0.4 is 11.1 Å². The van der Waals surface area contributed by atoms with Crippen molar-refractivity contribution in [2.24, 2.45) is 10.6 Å². The van der Waals surface area contributed by atoms with Crippen LogP contribution in [0.25, 0.3) is 0 Å². The van der Waals surface area contributed by atoms with Crippen molar-refractivity contribution in [3.63, 3.8) is 0 Å². The van der Waals surface area contributed by atoms with Gasteiger partial charge >= 0.3 is 11.9 Å². The molecule has 0 aromatic carbocycles. The number of anilines is 1. The number of nitrogens with one attached hydrogen (secondary N) is 1. The van der Waals surface area contributed by atoms with Gasteiger partial charge < -0.3 is 30.1 Å². The zero-order valence-corrected chi connectivity index (χ0v) is 23.7. The molecule has 2 saturated heterocycles. The maximum Gasteiger partial charge on any atom is 0.358 e. The van der Waals surface area contributed by atoms with Gasteiger partial charge in [-0.3, -0.25) is 19.3 Å². The number of thiazole rings is 1. The van der Waals surface area contributed by atoms with Crippen LogP contribution in [0.15, 0.2) is 22.6 Å². The van der Waals surface area contributed by atoms with E-state index in [1.165, 1.54) is 30.0 Å². The minimum atomic E-state index is -0.926. The lowest BCUT2D eigenvalue weighted by atomic mass is 9.96. The highest BCUT2D eigenvalue weighted by Gasteiger charge is 2.55. The van der Waals surface area contributed by atoms with Gasteiger partial charge in [-0.05, 0) is 45.6 Å². The van der Waals surface area contributed by atoms with Gasteiger partial charge in [0, 0.05) is 18.6 Å². The lowest BCUT2D eigenvalue weighted by Crippen LogP contribution is -2.71. The second kappa shape index (κ2) is 11.9. The van der Waals surface area contributed by atoms with Crippen molar-refractivity contribution in [3.05, 3.63) is 22.3 Å². The number of aromatic nitrogens is 1. The Morgan fingerprint density at radius 2 is 2.05 bits per heavy atom. The van der Waals surface area contributed by atoms with E-state index in [4.69, 9.17) is 24.8 Å². The number of nitrogen functional groups attached to an aromatic ring is 1. The predicted molar refractivity (Wildman–Crippen MR) is 142 cm³/mol. The van der Waals surface area contributed by atoms with Gasteiger partial charge in [0.15, 0.2) is 10.8 Å². The lowest BCUT2D eigenvalue weighted by molar-refractivity contribution is -0.173. The summed E-state index contributed by atoms with van der Waals surface area (Å²) in [6.45, 7) is 5.00. The van der Waals surface area contributed by atoms with Crippen LogP contribution in [0, 0.1) is 5.41 Å². The molecule has 0 bridgehead atoms. The van der Waals surface area contributed by atoms with E-state index in [0.29, 0.717) is 29.2 Å². The predicted octanol–water partition coefficient (Wildman–Crippen LogP) is 1.39. The highest BCUT2D eigenvalue weighted by atomic mass is 32.2. The monoisotopic (exact) mass is 581 g/mol. The summed E-state index contributed by atoms with van der Waals surface area (Å²) in [6.07, 6.45) is 3.58. The van der Waals surface area contributed by atoms with Gasteiger partial charge in [0.25, 0.3) is 11.8 Å². The van der Waals surface area contributed by atoms with E-state index in [1.807, 2.05) is 0 Å². The fraction of sp³-hybridized carbons (Fsp3) is 0.583. The summed E-state index contributed by atoms with van der Waals surface area (Å²) in [7, 11) is 1.29. The quantitative estimate of drug-likeness (QED) is 0.149. The molecule has 0 unspecified atom stereocenters. The largest absolute Gasteiger partial charge is 0.427 e. The number of carbonyl (C=O) groups is 4. The van der Waals surface area contributed by atoms with Crippen LogP contribution in [0.5, 0.6) is 0 Å². The maximum atomic E-state index is 13.3.